The van der Waals surface area contributed by atoms with E-state index in [4.69, 9.17) is 19.9 Å². The van der Waals surface area contributed by atoms with Crippen LogP contribution in [0.2, 0.25) is 0 Å². The van der Waals surface area contributed by atoms with E-state index in [0.717, 1.165) is 183 Å². The maximum absolute atomic E-state index is 5.75. The van der Waals surface area contributed by atoms with Gasteiger partial charge in [0.2, 0.25) is 0 Å². The quantitative estimate of drug-likeness (QED) is 0.132. The lowest BCUT2D eigenvalue weighted by molar-refractivity contribution is 1.27. The summed E-state index contributed by atoms with van der Waals surface area (Å²) in [5, 5.41) is 0. The molecule has 3 N–H and O–H groups in total. The molecule has 0 fully saturated rings. The van der Waals surface area contributed by atoms with Crippen molar-refractivity contribution in [1.29, 1.82) is 0 Å². The Morgan fingerprint density at radius 3 is 0.809 bits per heavy atom. The molecule has 0 radical (unpaired) electrons. The molecule has 8 heteroatoms. The highest BCUT2D eigenvalue weighted by atomic mass is 32.1. The predicted octanol–water partition coefficient (Wildman–Crippen LogP) is 26.8. The third kappa shape index (κ3) is 12.6. The number of hydrogen-bond donors (Lipinski definition) is 3. The van der Waals surface area contributed by atoms with Gasteiger partial charge in [-0.3, -0.25) is 0 Å². The molecule has 0 saturated carbocycles. The summed E-state index contributed by atoms with van der Waals surface area (Å²) in [6.45, 7) is 26.3. The Balaban J connectivity index is 0.810. The SMILES string of the molecule is Cc1ccc(-c2c3nc(c(-c4ccc(C)cc4)c4ccc(s4)c(-c4cccc(C#Cc5ccc(-c6c7nc(c(-c8c(C)cc(C)cc8C)c8ccc([nH]8)c(-c8c(C)cc(C)cc8C)c8nc(c(-c9c(C)cc(C)cc9C)c9ccc6[nH]9)C=C8)C=C7)cc5)c4)c4nc(c(-c5ccc(C)cc5)c5ccc2[nH]5)C=C4)C=C3)cc1. The highest BCUT2D eigenvalue weighted by molar-refractivity contribution is 7.24. The number of thiophene rings is 1. The molecular formula is C102H81N7S. The zero-order chi connectivity index (χ0) is 75.3. The summed E-state index contributed by atoms with van der Waals surface area (Å²) in [5.74, 6) is 7.25. The zero-order valence-corrected chi connectivity index (χ0v) is 64.8. The standard InChI is InChI=1S/C102H81N7S/c1-57-16-26-71(27-17-57)95-76-34-35-77(103-76)96(72-28-18-58(2)19-29-72)79-37-41-83(105-79)99(91-49-48-90(110-91)98(82-40-36-78(95)104-82)74-30-20-59(3)21-31-74)75-15-13-14-70(56-75)23-22-69-24-32-73(33-25-69)97-80-38-42-84(106-80)100(92-63(7)50-60(4)51-64(92)8)86-44-46-88(108-86)102(94-67(11)54-62(6)55-68(94)12)89-47-45-87(109-89)101(85-43-39-81(97)107-85)93-65(9)52-61(5)53-66(93)10/h13-21,24-56,103,106,109H,1-12H3. The first-order chi connectivity index (χ1) is 53.4. The molecule has 14 aromatic rings. The van der Waals surface area contributed by atoms with E-state index in [9.17, 15) is 0 Å². The van der Waals surface area contributed by atoms with Crippen molar-refractivity contribution in [2.24, 2.45) is 0 Å². The number of aromatic amines is 3. The first kappa shape index (κ1) is 68.7. The molecule has 0 unspecified atom stereocenters. The van der Waals surface area contributed by atoms with Crippen LogP contribution in [0.15, 0.2) is 206 Å². The molecule has 16 bridgehead atoms. The van der Waals surface area contributed by atoms with Gasteiger partial charge in [-0.15, -0.1) is 11.3 Å². The third-order valence-corrected chi connectivity index (χ3v) is 23.0. The third-order valence-electron chi connectivity index (χ3n) is 21.9. The Bertz CT molecular complexity index is 6630. The van der Waals surface area contributed by atoms with Crippen LogP contribution in [0.25, 0.3) is 180 Å². The van der Waals surface area contributed by atoms with Crippen molar-refractivity contribution < 1.29 is 0 Å². The fourth-order valence-electron chi connectivity index (χ4n) is 17.1. The van der Waals surface area contributed by atoms with Crippen molar-refractivity contribution in [2.75, 3.05) is 0 Å². The summed E-state index contributed by atoms with van der Waals surface area (Å²) in [6.07, 6.45) is 17.5. The van der Waals surface area contributed by atoms with Crippen molar-refractivity contribution >= 4 is 102 Å². The number of aromatic nitrogens is 7. The summed E-state index contributed by atoms with van der Waals surface area (Å²) in [5.41, 5.74) is 46.0. The fraction of sp³-hybridized carbons (Fsp3) is 0.118. The smallest absolute Gasteiger partial charge is 0.0737 e. The average molecular weight is 1440 g/mol. The second kappa shape index (κ2) is 27.6. The predicted molar refractivity (Wildman–Crippen MR) is 468 cm³/mol. The molecule has 7 nitrogen and oxygen atoms in total. The summed E-state index contributed by atoms with van der Waals surface area (Å²) >= 11 is 1.77. The van der Waals surface area contributed by atoms with Gasteiger partial charge < -0.3 is 15.0 Å². The van der Waals surface area contributed by atoms with E-state index in [1.54, 1.807) is 11.3 Å². The van der Waals surface area contributed by atoms with E-state index in [2.05, 4.69) is 365 Å². The topological polar surface area (TPSA) is 98.9 Å². The van der Waals surface area contributed by atoms with E-state index < -0.39 is 0 Å². The van der Waals surface area contributed by atoms with Crippen molar-refractivity contribution in [1.82, 2.24) is 34.9 Å². The lowest BCUT2D eigenvalue weighted by Gasteiger charge is -2.14. The number of aryl methyl sites for hydroxylation is 12. The highest BCUT2D eigenvalue weighted by Crippen LogP contribution is 2.46. The minimum Gasteiger partial charge on any atom is -0.354 e. The summed E-state index contributed by atoms with van der Waals surface area (Å²) in [6, 6.07) is 75.2. The molecule has 0 saturated heterocycles. The van der Waals surface area contributed by atoms with E-state index >= 15 is 0 Å². The monoisotopic (exact) mass is 1440 g/mol. The van der Waals surface area contributed by atoms with Gasteiger partial charge in [-0.05, 0) is 282 Å². The normalized spacial score (nSPS) is 12.1. The minimum atomic E-state index is 0.847. The second-order valence-corrected chi connectivity index (χ2v) is 31.3. The molecule has 18 rings (SSSR count). The summed E-state index contributed by atoms with van der Waals surface area (Å²) < 4.78 is 2.19. The van der Waals surface area contributed by atoms with Gasteiger partial charge in [0.1, 0.15) is 0 Å². The molecule has 8 aromatic carbocycles. The van der Waals surface area contributed by atoms with Crippen molar-refractivity contribution in [2.45, 2.75) is 83.1 Å². The van der Waals surface area contributed by atoms with Crippen LogP contribution in [0.1, 0.15) is 123 Å². The lowest BCUT2D eigenvalue weighted by Crippen LogP contribution is -1.96. The van der Waals surface area contributed by atoms with Gasteiger partial charge in [0.05, 0.1) is 45.6 Å². The van der Waals surface area contributed by atoms with E-state index in [1.807, 2.05) is 0 Å². The Kier molecular flexibility index (Phi) is 17.3. The first-order valence-corrected chi connectivity index (χ1v) is 38.6. The molecule has 6 aromatic heterocycles. The number of rotatable bonds is 8. The molecule has 0 atom stereocenters. The fourth-order valence-corrected chi connectivity index (χ4v) is 18.2. The molecule has 530 valence electrons. The average Bonchev–Trinajstić information content (AvgIpc) is 1.59. The van der Waals surface area contributed by atoms with Crippen LogP contribution in [0.3, 0.4) is 0 Å². The Labute approximate surface area is 646 Å². The van der Waals surface area contributed by atoms with Crippen LogP contribution >= 0.6 is 11.3 Å². The molecule has 110 heavy (non-hydrogen) atoms. The molecule has 0 aliphatic carbocycles. The van der Waals surface area contributed by atoms with Gasteiger partial charge in [-0.1, -0.05) is 179 Å². The van der Waals surface area contributed by atoms with E-state index in [1.165, 1.54) is 72.3 Å². The number of nitrogens with zero attached hydrogens (tertiary/aromatic N) is 4. The Morgan fingerprint density at radius 1 is 0.218 bits per heavy atom. The Morgan fingerprint density at radius 2 is 0.482 bits per heavy atom. The van der Waals surface area contributed by atoms with E-state index in [-0.39, 0.29) is 0 Å². The van der Waals surface area contributed by atoms with Crippen LogP contribution in [0.4, 0.5) is 0 Å². The molecular weight excluding hydrogens is 1360 g/mol. The van der Waals surface area contributed by atoms with Crippen molar-refractivity contribution in [3.05, 3.63) is 330 Å². The van der Waals surface area contributed by atoms with Gasteiger partial charge in [0, 0.05) is 98.1 Å². The van der Waals surface area contributed by atoms with Crippen LogP contribution in [-0.4, -0.2) is 34.9 Å². The molecule has 4 aliphatic heterocycles. The number of hydrogen-bond acceptors (Lipinski definition) is 5. The maximum Gasteiger partial charge on any atom is 0.0737 e. The maximum atomic E-state index is 5.75. The number of nitrogens with one attached hydrogen (secondary N) is 3. The van der Waals surface area contributed by atoms with Gasteiger partial charge in [-0.2, -0.15) is 0 Å². The summed E-state index contributed by atoms with van der Waals surface area (Å²) in [4.78, 5) is 34.7. The van der Waals surface area contributed by atoms with Crippen molar-refractivity contribution in [3.63, 3.8) is 0 Å². The van der Waals surface area contributed by atoms with Crippen LogP contribution in [-0.2, 0) is 0 Å². The van der Waals surface area contributed by atoms with Crippen molar-refractivity contribution in [3.8, 4) is 101 Å². The van der Waals surface area contributed by atoms with Gasteiger partial charge in [-0.25, -0.2) is 19.9 Å². The number of H-pyrrole nitrogens is 3. The van der Waals surface area contributed by atoms with Crippen LogP contribution in [0, 0.1) is 94.9 Å². The van der Waals surface area contributed by atoms with Gasteiger partial charge >= 0.3 is 0 Å². The molecule has 10 heterocycles. The molecule has 0 spiro atoms. The van der Waals surface area contributed by atoms with Crippen LogP contribution in [0.5, 0.6) is 0 Å². The minimum absolute atomic E-state index is 0.847. The lowest BCUT2D eigenvalue weighted by atomic mass is 9.92. The van der Waals surface area contributed by atoms with Gasteiger partial charge in [0.15, 0.2) is 0 Å². The van der Waals surface area contributed by atoms with E-state index in [0.29, 0.717) is 0 Å². The molecule has 0 amide bonds. The first-order valence-electron chi connectivity index (χ1n) is 37.8. The zero-order valence-electron chi connectivity index (χ0n) is 63.9. The molecule has 4 aliphatic rings. The largest absolute Gasteiger partial charge is 0.354 e. The highest BCUT2D eigenvalue weighted by Gasteiger charge is 2.25. The Hall–Kier alpha value is -13.1. The number of benzene rings is 8. The summed E-state index contributed by atoms with van der Waals surface area (Å²) in [7, 11) is 0. The van der Waals surface area contributed by atoms with Crippen LogP contribution < -0.4 is 0 Å². The van der Waals surface area contributed by atoms with Gasteiger partial charge in [0.25, 0.3) is 0 Å². The number of fused-ring (bicyclic) bond motifs is 16. The second-order valence-electron chi connectivity index (χ2n) is 30.2.